The lowest BCUT2D eigenvalue weighted by molar-refractivity contribution is 0.0495. The summed E-state index contributed by atoms with van der Waals surface area (Å²) in [5, 5.41) is 9.51. The summed E-state index contributed by atoms with van der Waals surface area (Å²) in [5.74, 6) is 1.45. The minimum Gasteiger partial charge on any atom is -0.454 e. The van der Waals surface area contributed by atoms with Gasteiger partial charge < -0.3 is 14.6 Å². The normalized spacial score (nSPS) is 20.1. The van der Waals surface area contributed by atoms with E-state index in [-0.39, 0.29) is 25.3 Å². The van der Waals surface area contributed by atoms with Gasteiger partial charge in [0.1, 0.15) is 5.82 Å². The maximum Gasteiger partial charge on any atom is 0.231 e. The maximum atomic E-state index is 13.1. The van der Waals surface area contributed by atoms with Gasteiger partial charge in [-0.3, -0.25) is 9.80 Å². The molecule has 0 amide bonds. The highest BCUT2D eigenvalue weighted by molar-refractivity contribution is 5.48. The Bertz CT molecular complexity index is 769. The second-order valence-corrected chi connectivity index (χ2v) is 7.15. The quantitative estimate of drug-likeness (QED) is 0.845. The molecule has 2 heterocycles. The number of hydrogen-bond donors (Lipinski definition) is 1. The standard InChI is InChI=1S/C21H25FN2O3/c22-18-6-4-16(5-7-18)12-24-10-9-23(14-19(24)8-11-25)13-17-2-1-3-20-21(17)27-15-26-20/h1-7,19,25H,8-15H2/t19-/m1/s1. The molecule has 2 aliphatic heterocycles. The van der Waals surface area contributed by atoms with Crippen LogP contribution in [0.15, 0.2) is 42.5 Å². The van der Waals surface area contributed by atoms with E-state index >= 15 is 0 Å². The molecule has 5 nitrogen and oxygen atoms in total. The van der Waals surface area contributed by atoms with Crippen LogP contribution in [-0.2, 0) is 13.1 Å². The summed E-state index contributed by atoms with van der Waals surface area (Å²) in [7, 11) is 0. The summed E-state index contributed by atoms with van der Waals surface area (Å²) in [6, 6.07) is 13.0. The summed E-state index contributed by atoms with van der Waals surface area (Å²) < 4.78 is 24.2. The molecule has 2 aliphatic rings. The fraction of sp³-hybridized carbons (Fsp3) is 0.429. The van der Waals surface area contributed by atoms with Gasteiger partial charge in [0, 0.05) is 50.9 Å². The average molecular weight is 372 g/mol. The Hall–Kier alpha value is -2.15. The van der Waals surface area contributed by atoms with E-state index in [1.165, 1.54) is 12.1 Å². The molecule has 2 aromatic carbocycles. The van der Waals surface area contributed by atoms with Crippen molar-refractivity contribution in [2.45, 2.75) is 25.6 Å². The van der Waals surface area contributed by atoms with Crippen molar-refractivity contribution in [2.75, 3.05) is 33.0 Å². The summed E-state index contributed by atoms with van der Waals surface area (Å²) in [5.41, 5.74) is 2.24. The SMILES string of the molecule is OCC[C@@H]1CN(Cc2cccc3c2OCO3)CCN1Cc1ccc(F)cc1. The van der Waals surface area contributed by atoms with Gasteiger partial charge in [0.2, 0.25) is 6.79 Å². The van der Waals surface area contributed by atoms with Crippen LogP contribution in [-0.4, -0.2) is 54.0 Å². The van der Waals surface area contributed by atoms with Crippen LogP contribution in [0, 0.1) is 5.82 Å². The molecule has 27 heavy (non-hydrogen) atoms. The molecule has 1 fully saturated rings. The second-order valence-electron chi connectivity index (χ2n) is 7.15. The molecule has 144 valence electrons. The summed E-state index contributed by atoms with van der Waals surface area (Å²) >= 11 is 0. The number of ether oxygens (including phenoxy) is 2. The fourth-order valence-corrected chi connectivity index (χ4v) is 3.91. The van der Waals surface area contributed by atoms with Gasteiger partial charge in [-0.15, -0.1) is 0 Å². The first-order valence-electron chi connectivity index (χ1n) is 9.42. The van der Waals surface area contributed by atoms with Gasteiger partial charge in [-0.1, -0.05) is 24.3 Å². The molecule has 0 unspecified atom stereocenters. The number of nitrogens with zero attached hydrogens (tertiary/aromatic N) is 2. The van der Waals surface area contributed by atoms with Gasteiger partial charge in [-0.05, 0) is 30.2 Å². The van der Waals surface area contributed by atoms with Crippen molar-refractivity contribution < 1.29 is 19.0 Å². The number of aliphatic hydroxyl groups excluding tert-OH is 1. The summed E-state index contributed by atoms with van der Waals surface area (Å²) in [4.78, 5) is 4.79. The largest absolute Gasteiger partial charge is 0.454 e. The number of aliphatic hydroxyl groups is 1. The van der Waals surface area contributed by atoms with E-state index in [0.29, 0.717) is 0 Å². The molecule has 0 radical (unpaired) electrons. The highest BCUT2D eigenvalue weighted by Crippen LogP contribution is 2.36. The third-order valence-corrected chi connectivity index (χ3v) is 5.32. The number of halogens is 1. The van der Waals surface area contributed by atoms with Crippen LogP contribution in [0.5, 0.6) is 11.5 Å². The first-order chi connectivity index (χ1) is 13.2. The Morgan fingerprint density at radius 3 is 2.70 bits per heavy atom. The van der Waals surface area contributed by atoms with Crippen LogP contribution in [0.25, 0.3) is 0 Å². The highest BCUT2D eigenvalue weighted by atomic mass is 19.1. The minimum atomic E-state index is -0.211. The molecule has 6 heteroatoms. The number of fused-ring (bicyclic) bond motifs is 1. The smallest absolute Gasteiger partial charge is 0.231 e. The molecule has 0 aliphatic carbocycles. The van der Waals surface area contributed by atoms with Crippen molar-refractivity contribution in [1.29, 1.82) is 0 Å². The minimum absolute atomic E-state index is 0.163. The predicted octanol–water partition coefficient (Wildman–Crippen LogP) is 2.62. The molecule has 1 saturated heterocycles. The van der Waals surface area contributed by atoms with Crippen molar-refractivity contribution in [1.82, 2.24) is 9.80 Å². The highest BCUT2D eigenvalue weighted by Gasteiger charge is 2.28. The van der Waals surface area contributed by atoms with E-state index < -0.39 is 0 Å². The molecule has 0 aromatic heterocycles. The molecule has 0 spiro atoms. The topological polar surface area (TPSA) is 45.2 Å². The number of rotatable bonds is 6. The van der Waals surface area contributed by atoms with Crippen LogP contribution in [0.1, 0.15) is 17.5 Å². The zero-order valence-electron chi connectivity index (χ0n) is 15.3. The van der Waals surface area contributed by atoms with Crippen LogP contribution in [0.2, 0.25) is 0 Å². The molecule has 4 rings (SSSR count). The Kier molecular flexibility index (Phi) is 5.57. The molecule has 1 N–H and O–H groups in total. The van der Waals surface area contributed by atoms with Gasteiger partial charge in [0.15, 0.2) is 11.5 Å². The molecule has 0 bridgehead atoms. The molecule has 1 atom stereocenters. The zero-order chi connectivity index (χ0) is 18.6. The molecular weight excluding hydrogens is 347 g/mol. The lowest BCUT2D eigenvalue weighted by Gasteiger charge is -2.41. The van der Waals surface area contributed by atoms with Crippen LogP contribution in [0.4, 0.5) is 4.39 Å². The lowest BCUT2D eigenvalue weighted by Crippen LogP contribution is -2.52. The maximum absolute atomic E-state index is 13.1. The van der Waals surface area contributed by atoms with E-state index in [1.807, 2.05) is 24.3 Å². The molecule has 2 aromatic rings. The molecule has 0 saturated carbocycles. The first kappa shape index (κ1) is 18.2. The second kappa shape index (κ2) is 8.25. The van der Waals surface area contributed by atoms with Crippen LogP contribution >= 0.6 is 0 Å². The van der Waals surface area contributed by atoms with Gasteiger partial charge in [-0.25, -0.2) is 4.39 Å². The monoisotopic (exact) mass is 372 g/mol. The van der Waals surface area contributed by atoms with E-state index in [9.17, 15) is 9.50 Å². The average Bonchev–Trinajstić information content (AvgIpc) is 3.16. The van der Waals surface area contributed by atoms with Crippen molar-refractivity contribution in [2.24, 2.45) is 0 Å². The third kappa shape index (κ3) is 4.24. The van der Waals surface area contributed by atoms with Gasteiger partial charge >= 0.3 is 0 Å². The number of benzene rings is 2. The first-order valence-corrected chi connectivity index (χ1v) is 9.42. The lowest BCUT2D eigenvalue weighted by atomic mass is 10.1. The third-order valence-electron chi connectivity index (χ3n) is 5.32. The zero-order valence-corrected chi connectivity index (χ0v) is 15.3. The molecular formula is C21H25FN2O3. The van der Waals surface area contributed by atoms with Crippen molar-refractivity contribution >= 4 is 0 Å². The van der Waals surface area contributed by atoms with E-state index in [4.69, 9.17) is 9.47 Å². The predicted molar refractivity (Wildman–Crippen MR) is 100 cm³/mol. The number of piperazine rings is 1. The van der Waals surface area contributed by atoms with Crippen molar-refractivity contribution in [3.8, 4) is 11.5 Å². The van der Waals surface area contributed by atoms with Gasteiger partial charge in [0.05, 0.1) is 0 Å². The number of hydrogen-bond acceptors (Lipinski definition) is 5. The number of para-hydroxylation sites is 1. The Labute approximate surface area is 158 Å². The van der Waals surface area contributed by atoms with Crippen molar-refractivity contribution in [3.05, 3.63) is 59.4 Å². The Morgan fingerprint density at radius 2 is 1.89 bits per heavy atom. The summed E-state index contributed by atoms with van der Waals surface area (Å²) in [6.07, 6.45) is 0.726. The van der Waals surface area contributed by atoms with Crippen LogP contribution in [0.3, 0.4) is 0 Å². The van der Waals surface area contributed by atoms with E-state index in [1.54, 1.807) is 0 Å². The van der Waals surface area contributed by atoms with Gasteiger partial charge in [-0.2, -0.15) is 0 Å². The Morgan fingerprint density at radius 1 is 1.04 bits per heavy atom. The Balaban J connectivity index is 1.42. The summed E-state index contributed by atoms with van der Waals surface area (Å²) in [6.45, 7) is 4.75. The van der Waals surface area contributed by atoms with Crippen LogP contribution < -0.4 is 9.47 Å². The van der Waals surface area contributed by atoms with Gasteiger partial charge in [0.25, 0.3) is 0 Å². The van der Waals surface area contributed by atoms with E-state index in [2.05, 4.69) is 15.9 Å². The van der Waals surface area contributed by atoms with Crippen molar-refractivity contribution in [3.63, 3.8) is 0 Å². The van der Waals surface area contributed by atoms with E-state index in [0.717, 1.165) is 61.8 Å². The fourth-order valence-electron chi connectivity index (χ4n) is 3.91.